The van der Waals surface area contributed by atoms with Gasteiger partial charge in [-0.2, -0.15) is 0 Å². The second kappa shape index (κ2) is 8.96. The SMILES string of the molecule is COC(=O)c1c(C[C@@H](C)O[Si](C)(C)C(C)(C)C)cc2c(c1OC)C(=O)C=C(OC)C2=O. The van der Waals surface area contributed by atoms with E-state index in [1.54, 1.807) is 6.07 Å². The number of fused-ring (bicyclic) bond motifs is 1. The number of Topliss-reactive ketones (excluding diaryl/α,β-unsaturated/α-hetero) is 1. The Kier molecular flexibility index (Phi) is 7.17. The lowest BCUT2D eigenvalue weighted by molar-refractivity contribution is 0.0594. The molecule has 1 aliphatic carbocycles. The zero-order valence-corrected chi connectivity index (χ0v) is 20.8. The molecular weight excluding hydrogens is 416 g/mol. The maximum absolute atomic E-state index is 12.9. The fraction of sp³-hybridized carbons (Fsp3) is 0.522. The lowest BCUT2D eigenvalue weighted by atomic mass is 9.86. The Morgan fingerprint density at radius 2 is 1.71 bits per heavy atom. The highest BCUT2D eigenvalue weighted by molar-refractivity contribution is 6.74. The van der Waals surface area contributed by atoms with Gasteiger partial charge in [0.05, 0.1) is 26.9 Å². The molecule has 7 nitrogen and oxygen atoms in total. The third kappa shape index (κ3) is 4.75. The third-order valence-electron chi connectivity index (χ3n) is 5.96. The lowest BCUT2D eigenvalue weighted by Gasteiger charge is -2.38. The summed E-state index contributed by atoms with van der Waals surface area (Å²) < 4.78 is 21.9. The summed E-state index contributed by atoms with van der Waals surface area (Å²) in [6.07, 6.45) is 1.21. The van der Waals surface area contributed by atoms with Crippen LogP contribution in [0, 0.1) is 0 Å². The molecule has 170 valence electrons. The van der Waals surface area contributed by atoms with E-state index < -0.39 is 25.9 Å². The molecule has 0 amide bonds. The van der Waals surface area contributed by atoms with Crippen LogP contribution >= 0.6 is 0 Å². The van der Waals surface area contributed by atoms with E-state index >= 15 is 0 Å². The summed E-state index contributed by atoms with van der Waals surface area (Å²) in [4.78, 5) is 38.2. The van der Waals surface area contributed by atoms with Crippen molar-refractivity contribution in [3.63, 3.8) is 0 Å². The first-order valence-corrected chi connectivity index (χ1v) is 13.0. The van der Waals surface area contributed by atoms with Crippen LogP contribution in [0.2, 0.25) is 18.1 Å². The van der Waals surface area contributed by atoms with Crippen molar-refractivity contribution in [3.8, 4) is 5.75 Å². The zero-order chi connectivity index (χ0) is 23.7. The van der Waals surface area contributed by atoms with Gasteiger partial charge < -0.3 is 18.6 Å². The van der Waals surface area contributed by atoms with Gasteiger partial charge >= 0.3 is 5.97 Å². The van der Waals surface area contributed by atoms with Crippen LogP contribution in [0.4, 0.5) is 0 Å². The van der Waals surface area contributed by atoms with Crippen LogP contribution in [0.5, 0.6) is 5.75 Å². The van der Waals surface area contributed by atoms with Crippen molar-refractivity contribution in [2.45, 2.75) is 58.4 Å². The van der Waals surface area contributed by atoms with E-state index in [9.17, 15) is 14.4 Å². The summed E-state index contributed by atoms with van der Waals surface area (Å²) in [7, 11) is 1.88. The van der Waals surface area contributed by atoms with E-state index in [0.717, 1.165) is 6.08 Å². The van der Waals surface area contributed by atoms with Gasteiger partial charge in [-0.15, -0.1) is 0 Å². The van der Waals surface area contributed by atoms with Crippen LogP contribution in [0.15, 0.2) is 17.9 Å². The Hall–Kier alpha value is -2.45. The first-order chi connectivity index (χ1) is 14.3. The van der Waals surface area contributed by atoms with Crippen LogP contribution in [-0.4, -0.2) is 53.3 Å². The number of hydrogen-bond donors (Lipinski definition) is 0. The van der Waals surface area contributed by atoms with E-state index in [4.69, 9.17) is 18.6 Å². The molecule has 31 heavy (non-hydrogen) atoms. The number of rotatable bonds is 7. The highest BCUT2D eigenvalue weighted by Crippen LogP contribution is 2.39. The minimum atomic E-state index is -2.06. The Morgan fingerprint density at radius 1 is 1.10 bits per heavy atom. The number of carbonyl (C=O) groups is 3. The molecule has 0 fully saturated rings. The van der Waals surface area contributed by atoms with Crippen molar-refractivity contribution in [1.29, 1.82) is 0 Å². The van der Waals surface area contributed by atoms with Crippen LogP contribution in [0.25, 0.3) is 0 Å². The molecule has 0 unspecified atom stereocenters. The fourth-order valence-electron chi connectivity index (χ4n) is 3.40. The molecule has 0 bridgehead atoms. The molecule has 1 aromatic rings. The van der Waals surface area contributed by atoms with Gasteiger partial charge in [0.1, 0.15) is 11.3 Å². The number of hydrogen-bond acceptors (Lipinski definition) is 7. The highest BCUT2D eigenvalue weighted by atomic mass is 28.4. The van der Waals surface area contributed by atoms with Gasteiger partial charge in [0, 0.05) is 17.7 Å². The first kappa shape index (κ1) is 24.8. The van der Waals surface area contributed by atoms with Crippen molar-refractivity contribution in [2.24, 2.45) is 0 Å². The molecule has 0 aliphatic heterocycles. The minimum absolute atomic E-state index is 0.0144. The van der Waals surface area contributed by atoms with Gasteiger partial charge in [-0.1, -0.05) is 20.8 Å². The van der Waals surface area contributed by atoms with E-state index in [-0.39, 0.29) is 39.3 Å². The molecule has 8 heteroatoms. The van der Waals surface area contributed by atoms with E-state index in [1.807, 2.05) is 6.92 Å². The highest BCUT2D eigenvalue weighted by Gasteiger charge is 2.39. The maximum Gasteiger partial charge on any atom is 0.341 e. The normalized spacial score (nSPS) is 15.2. The van der Waals surface area contributed by atoms with Crippen molar-refractivity contribution >= 4 is 25.9 Å². The lowest BCUT2D eigenvalue weighted by Crippen LogP contribution is -2.43. The average molecular weight is 449 g/mol. The summed E-state index contributed by atoms with van der Waals surface area (Å²) >= 11 is 0. The number of ketones is 2. The number of benzene rings is 1. The van der Waals surface area contributed by atoms with Gasteiger partial charge in [-0.05, 0) is 43.1 Å². The van der Waals surface area contributed by atoms with Gasteiger partial charge in [0.2, 0.25) is 5.78 Å². The predicted molar refractivity (Wildman–Crippen MR) is 120 cm³/mol. The van der Waals surface area contributed by atoms with Gasteiger partial charge in [-0.3, -0.25) is 9.59 Å². The molecule has 2 rings (SSSR count). The number of methoxy groups -OCH3 is 3. The fourth-order valence-corrected chi connectivity index (χ4v) is 4.84. The third-order valence-corrected chi connectivity index (χ3v) is 10.6. The van der Waals surface area contributed by atoms with E-state index in [0.29, 0.717) is 12.0 Å². The summed E-state index contributed by atoms with van der Waals surface area (Å²) in [6, 6.07) is 1.56. The van der Waals surface area contributed by atoms with Crippen molar-refractivity contribution in [1.82, 2.24) is 0 Å². The maximum atomic E-state index is 12.9. The second-order valence-corrected chi connectivity index (χ2v) is 13.9. The average Bonchev–Trinajstić information content (AvgIpc) is 2.67. The van der Waals surface area contributed by atoms with Crippen LogP contribution in [-0.2, 0) is 20.3 Å². The number of esters is 1. The summed E-state index contributed by atoms with van der Waals surface area (Å²) in [6.45, 7) is 12.7. The summed E-state index contributed by atoms with van der Waals surface area (Å²) in [5.41, 5.74) is 0.829. The Labute approximate surface area is 184 Å². The minimum Gasteiger partial charge on any atom is -0.495 e. The molecule has 1 aliphatic rings. The first-order valence-electron chi connectivity index (χ1n) is 10.1. The smallest absolute Gasteiger partial charge is 0.341 e. The second-order valence-electron chi connectivity index (χ2n) is 9.16. The molecule has 1 atom stereocenters. The molecule has 0 spiro atoms. The molecule has 0 N–H and O–H groups in total. The molecular formula is C23H32O7Si. The van der Waals surface area contributed by atoms with E-state index in [1.165, 1.54) is 21.3 Å². The van der Waals surface area contributed by atoms with Crippen molar-refractivity contribution in [2.75, 3.05) is 21.3 Å². The molecule has 0 saturated carbocycles. The molecule has 0 saturated heterocycles. The Balaban J connectivity index is 2.63. The Morgan fingerprint density at radius 3 is 2.19 bits per heavy atom. The van der Waals surface area contributed by atoms with Gasteiger partial charge in [0.15, 0.2) is 19.9 Å². The van der Waals surface area contributed by atoms with Crippen LogP contribution in [0.3, 0.4) is 0 Å². The molecule has 0 radical (unpaired) electrons. The number of ether oxygens (including phenoxy) is 3. The van der Waals surface area contributed by atoms with Crippen molar-refractivity contribution in [3.05, 3.63) is 40.2 Å². The topological polar surface area (TPSA) is 88.1 Å². The van der Waals surface area contributed by atoms with Crippen LogP contribution < -0.4 is 4.74 Å². The molecule has 1 aromatic carbocycles. The largest absolute Gasteiger partial charge is 0.495 e. The summed E-state index contributed by atoms with van der Waals surface area (Å²) in [5, 5.41) is 0.0144. The number of allylic oxidation sites excluding steroid dienone is 2. The Bertz CT molecular complexity index is 938. The molecule has 0 heterocycles. The quantitative estimate of drug-likeness (QED) is 0.453. The van der Waals surface area contributed by atoms with Gasteiger partial charge in [0.25, 0.3) is 0 Å². The van der Waals surface area contributed by atoms with Crippen LogP contribution in [0.1, 0.15) is 64.3 Å². The molecule has 0 aromatic heterocycles. The zero-order valence-electron chi connectivity index (χ0n) is 19.8. The van der Waals surface area contributed by atoms with Crippen molar-refractivity contribution < 1.29 is 33.0 Å². The standard InChI is InChI=1S/C23H32O7Si/c1-13(30-31(8,9)23(2,3)4)10-14-11-15-19(16(24)12-17(27-5)20(15)25)21(28-6)18(14)22(26)29-7/h11-13H,10H2,1-9H3/t13-/m1/s1. The monoisotopic (exact) mass is 448 g/mol. The predicted octanol–water partition coefficient (Wildman–Crippen LogP) is 4.34. The van der Waals surface area contributed by atoms with Gasteiger partial charge in [-0.25, -0.2) is 4.79 Å². The number of carbonyl (C=O) groups excluding carboxylic acids is 3. The van der Waals surface area contributed by atoms with E-state index in [2.05, 4.69) is 33.9 Å². The summed E-state index contributed by atoms with van der Waals surface area (Å²) in [5.74, 6) is -1.57.